The summed E-state index contributed by atoms with van der Waals surface area (Å²) in [5.41, 5.74) is 0.997. The molecule has 1 N–H and O–H groups in total. The maximum Gasteiger partial charge on any atom is 0.123 e. The van der Waals surface area contributed by atoms with Gasteiger partial charge >= 0.3 is 0 Å². The zero-order valence-electron chi connectivity index (χ0n) is 10.7. The minimum Gasteiger partial charge on any atom is -0.380 e. The van der Waals surface area contributed by atoms with E-state index in [1.807, 2.05) is 6.07 Å². The van der Waals surface area contributed by atoms with Gasteiger partial charge in [-0.25, -0.2) is 4.39 Å². The molecule has 0 bridgehead atoms. The molecule has 0 unspecified atom stereocenters. The van der Waals surface area contributed by atoms with E-state index >= 15 is 0 Å². The van der Waals surface area contributed by atoms with Crippen LogP contribution in [0.4, 0.5) is 4.39 Å². The largest absolute Gasteiger partial charge is 0.380 e. The van der Waals surface area contributed by atoms with E-state index in [1.165, 1.54) is 6.07 Å². The van der Waals surface area contributed by atoms with E-state index in [2.05, 4.69) is 10.2 Å². The molecule has 3 nitrogen and oxygen atoms in total. The van der Waals surface area contributed by atoms with E-state index in [9.17, 15) is 4.39 Å². The second-order valence-electron chi connectivity index (χ2n) is 4.58. The van der Waals surface area contributed by atoms with E-state index < -0.39 is 0 Å². The topological polar surface area (TPSA) is 24.5 Å². The van der Waals surface area contributed by atoms with Crippen molar-refractivity contribution in [3.63, 3.8) is 0 Å². The number of piperazine rings is 1. The van der Waals surface area contributed by atoms with E-state index in [0.717, 1.165) is 51.3 Å². The van der Waals surface area contributed by atoms with E-state index in [0.29, 0.717) is 6.61 Å². The summed E-state index contributed by atoms with van der Waals surface area (Å²) in [6.07, 6.45) is 0.777. The molecule has 0 aliphatic carbocycles. The molecule has 1 aliphatic rings. The zero-order chi connectivity index (χ0) is 12.6. The summed E-state index contributed by atoms with van der Waals surface area (Å²) in [4.78, 5) is 2.40. The smallest absolute Gasteiger partial charge is 0.123 e. The summed E-state index contributed by atoms with van der Waals surface area (Å²) >= 11 is 0. The van der Waals surface area contributed by atoms with Gasteiger partial charge in [0.2, 0.25) is 0 Å². The Hall–Kier alpha value is -0.970. The van der Waals surface area contributed by atoms with E-state index in [4.69, 9.17) is 4.74 Å². The molecule has 0 aromatic heterocycles. The Bertz CT molecular complexity index is 353. The van der Waals surface area contributed by atoms with Crippen molar-refractivity contribution in [2.24, 2.45) is 0 Å². The third-order valence-electron chi connectivity index (χ3n) is 3.19. The summed E-state index contributed by atoms with van der Waals surface area (Å²) in [6.45, 7) is 6.77. The summed E-state index contributed by atoms with van der Waals surface area (Å²) in [7, 11) is 0. The Morgan fingerprint density at radius 1 is 1.22 bits per heavy atom. The maximum absolute atomic E-state index is 12.9. The second kappa shape index (κ2) is 7.46. The van der Waals surface area contributed by atoms with Crippen molar-refractivity contribution in [1.29, 1.82) is 0 Å². The van der Waals surface area contributed by atoms with Gasteiger partial charge in [0.25, 0.3) is 0 Å². The third-order valence-corrected chi connectivity index (χ3v) is 3.19. The quantitative estimate of drug-likeness (QED) is 0.772. The van der Waals surface area contributed by atoms with Crippen LogP contribution >= 0.6 is 0 Å². The van der Waals surface area contributed by atoms with Crippen molar-refractivity contribution in [2.75, 3.05) is 45.9 Å². The lowest BCUT2D eigenvalue weighted by atomic mass is 10.2. The lowest BCUT2D eigenvalue weighted by molar-refractivity contribution is 0.101. The van der Waals surface area contributed by atoms with Crippen molar-refractivity contribution < 1.29 is 9.13 Å². The van der Waals surface area contributed by atoms with Crippen LogP contribution in [-0.2, 0) is 11.2 Å². The van der Waals surface area contributed by atoms with Gasteiger partial charge in [0.15, 0.2) is 0 Å². The predicted octanol–water partition coefficient (Wildman–Crippen LogP) is 1.29. The molecule has 0 radical (unpaired) electrons. The molecule has 100 valence electrons. The van der Waals surface area contributed by atoms with Gasteiger partial charge in [0, 0.05) is 32.7 Å². The number of ether oxygens (including phenoxy) is 1. The average Bonchev–Trinajstić information content (AvgIpc) is 2.40. The number of rotatable bonds is 6. The summed E-state index contributed by atoms with van der Waals surface area (Å²) in [5.74, 6) is -0.173. The molecule has 0 saturated carbocycles. The third kappa shape index (κ3) is 4.72. The van der Waals surface area contributed by atoms with Crippen LogP contribution in [-0.4, -0.2) is 50.8 Å². The lowest BCUT2D eigenvalue weighted by Gasteiger charge is -2.26. The molecule has 1 heterocycles. The number of hydrogen-bond acceptors (Lipinski definition) is 3. The molecule has 0 spiro atoms. The Labute approximate surface area is 108 Å². The lowest BCUT2D eigenvalue weighted by Crippen LogP contribution is -2.44. The van der Waals surface area contributed by atoms with Crippen LogP contribution in [0.25, 0.3) is 0 Å². The highest BCUT2D eigenvalue weighted by Gasteiger charge is 2.08. The molecule has 1 aromatic rings. The highest BCUT2D eigenvalue weighted by molar-refractivity contribution is 5.16. The number of nitrogens with zero attached hydrogens (tertiary/aromatic N) is 1. The van der Waals surface area contributed by atoms with Gasteiger partial charge < -0.3 is 10.1 Å². The molecular formula is C14H21FN2O. The first-order chi connectivity index (χ1) is 8.84. The molecule has 4 heteroatoms. The monoisotopic (exact) mass is 252 g/mol. The highest BCUT2D eigenvalue weighted by atomic mass is 19.1. The van der Waals surface area contributed by atoms with E-state index in [1.54, 1.807) is 12.1 Å². The molecule has 2 rings (SSSR count). The van der Waals surface area contributed by atoms with Crippen LogP contribution in [0.5, 0.6) is 0 Å². The first kappa shape index (κ1) is 13.5. The Kier molecular flexibility index (Phi) is 5.58. The Balaban J connectivity index is 1.55. The van der Waals surface area contributed by atoms with Gasteiger partial charge in [-0.3, -0.25) is 4.90 Å². The fraction of sp³-hybridized carbons (Fsp3) is 0.571. The second-order valence-corrected chi connectivity index (χ2v) is 4.58. The molecule has 18 heavy (non-hydrogen) atoms. The maximum atomic E-state index is 12.9. The highest BCUT2D eigenvalue weighted by Crippen LogP contribution is 2.04. The van der Waals surface area contributed by atoms with Gasteiger partial charge in [0.05, 0.1) is 13.2 Å². The van der Waals surface area contributed by atoms with Gasteiger partial charge in [0.1, 0.15) is 5.82 Å². The van der Waals surface area contributed by atoms with Crippen LogP contribution in [0.15, 0.2) is 24.3 Å². The van der Waals surface area contributed by atoms with Crippen molar-refractivity contribution in [2.45, 2.75) is 6.42 Å². The number of benzene rings is 1. The summed E-state index contributed by atoms with van der Waals surface area (Å²) < 4.78 is 18.5. The van der Waals surface area contributed by atoms with Gasteiger partial charge in [-0.1, -0.05) is 12.1 Å². The molecule has 0 amide bonds. The van der Waals surface area contributed by atoms with Crippen molar-refractivity contribution in [3.8, 4) is 0 Å². The van der Waals surface area contributed by atoms with Crippen LogP contribution in [0, 0.1) is 5.82 Å². The van der Waals surface area contributed by atoms with Crippen molar-refractivity contribution >= 4 is 0 Å². The molecule has 0 atom stereocenters. The molecule has 1 aromatic carbocycles. The summed E-state index contributed by atoms with van der Waals surface area (Å²) in [5, 5.41) is 3.33. The predicted molar refractivity (Wildman–Crippen MR) is 70.2 cm³/mol. The first-order valence-corrected chi connectivity index (χ1v) is 6.60. The molecular weight excluding hydrogens is 231 g/mol. The number of hydrogen-bond donors (Lipinski definition) is 1. The molecule has 1 fully saturated rings. The molecule has 1 saturated heterocycles. The fourth-order valence-electron chi connectivity index (χ4n) is 2.11. The SMILES string of the molecule is Fc1cccc(CCOCCN2CCNCC2)c1. The normalized spacial score (nSPS) is 16.9. The van der Waals surface area contributed by atoms with Crippen LogP contribution in [0.2, 0.25) is 0 Å². The van der Waals surface area contributed by atoms with Crippen LogP contribution < -0.4 is 5.32 Å². The molecule has 1 aliphatic heterocycles. The minimum atomic E-state index is -0.173. The van der Waals surface area contributed by atoms with E-state index in [-0.39, 0.29) is 5.82 Å². The average molecular weight is 252 g/mol. The minimum absolute atomic E-state index is 0.173. The first-order valence-electron chi connectivity index (χ1n) is 6.60. The fourth-order valence-corrected chi connectivity index (χ4v) is 2.11. The van der Waals surface area contributed by atoms with Gasteiger partial charge in [-0.2, -0.15) is 0 Å². The van der Waals surface area contributed by atoms with Gasteiger partial charge in [-0.15, -0.1) is 0 Å². The van der Waals surface area contributed by atoms with Crippen molar-refractivity contribution in [1.82, 2.24) is 10.2 Å². The van der Waals surface area contributed by atoms with Gasteiger partial charge in [-0.05, 0) is 24.1 Å². The number of halogens is 1. The van der Waals surface area contributed by atoms with Crippen LogP contribution in [0.1, 0.15) is 5.56 Å². The van der Waals surface area contributed by atoms with Crippen molar-refractivity contribution in [3.05, 3.63) is 35.6 Å². The Morgan fingerprint density at radius 3 is 2.83 bits per heavy atom. The Morgan fingerprint density at radius 2 is 2.06 bits per heavy atom. The van der Waals surface area contributed by atoms with Crippen LogP contribution in [0.3, 0.4) is 0 Å². The summed E-state index contributed by atoms with van der Waals surface area (Å²) in [6, 6.07) is 6.71. The zero-order valence-corrected chi connectivity index (χ0v) is 10.7. The standard InChI is InChI=1S/C14H21FN2O/c15-14-3-1-2-13(12-14)4-10-18-11-9-17-7-5-16-6-8-17/h1-3,12,16H,4-11H2. The number of nitrogens with one attached hydrogen (secondary N) is 1.